The molecule has 2 heterocycles. The summed E-state index contributed by atoms with van der Waals surface area (Å²) in [5.41, 5.74) is 0.595. The van der Waals surface area contributed by atoms with E-state index < -0.39 is 6.10 Å². The molecule has 1 fully saturated rings. The van der Waals surface area contributed by atoms with Gasteiger partial charge in [-0.05, 0) is 51.4 Å². The number of aliphatic hydroxyl groups is 1. The molecule has 21 heavy (non-hydrogen) atoms. The number of rotatable bonds is 4. The van der Waals surface area contributed by atoms with Crippen LogP contribution in [0.1, 0.15) is 51.4 Å². The summed E-state index contributed by atoms with van der Waals surface area (Å²) in [5.74, 6) is 0.686. The fourth-order valence-electron chi connectivity index (χ4n) is 3.44. The van der Waals surface area contributed by atoms with Gasteiger partial charge < -0.3 is 9.52 Å². The van der Waals surface area contributed by atoms with E-state index in [1.54, 1.807) is 0 Å². The lowest BCUT2D eigenvalue weighted by Crippen LogP contribution is -2.52. The Balaban J connectivity index is 1.91. The van der Waals surface area contributed by atoms with Crippen molar-refractivity contribution in [1.82, 2.24) is 4.90 Å². The zero-order chi connectivity index (χ0) is 14.9. The van der Waals surface area contributed by atoms with Gasteiger partial charge in [0.25, 0.3) is 0 Å². The average Bonchev–Trinajstić information content (AvgIpc) is 2.98. The van der Waals surface area contributed by atoms with Crippen LogP contribution in [0.5, 0.6) is 0 Å². The third-order valence-corrected chi connectivity index (χ3v) is 5.10. The highest BCUT2D eigenvalue weighted by Crippen LogP contribution is 2.37. The number of piperidine rings is 1. The topological polar surface area (TPSA) is 36.6 Å². The molecular weight excluding hydrogens is 262 g/mol. The third kappa shape index (κ3) is 2.60. The van der Waals surface area contributed by atoms with E-state index in [0.29, 0.717) is 5.76 Å². The Labute approximate surface area is 126 Å². The van der Waals surface area contributed by atoms with Crippen LogP contribution < -0.4 is 0 Å². The molecule has 2 atom stereocenters. The molecule has 1 saturated heterocycles. The maximum atomic E-state index is 11.0. The molecule has 1 aliphatic rings. The fraction of sp³-hybridized carbons (Fsp3) is 0.556. The molecular formula is C18H25NO2. The van der Waals surface area contributed by atoms with E-state index in [0.717, 1.165) is 30.5 Å². The summed E-state index contributed by atoms with van der Waals surface area (Å²) in [4.78, 5) is 2.44. The molecule has 1 aromatic heterocycles. The molecule has 1 N–H and O–H groups in total. The average molecular weight is 287 g/mol. The molecule has 3 rings (SSSR count). The predicted molar refractivity (Wildman–Crippen MR) is 85.3 cm³/mol. The van der Waals surface area contributed by atoms with Crippen LogP contribution in [0.3, 0.4) is 0 Å². The molecule has 2 unspecified atom stereocenters. The summed E-state index contributed by atoms with van der Waals surface area (Å²) in [5, 5.41) is 12.0. The molecule has 0 aliphatic carbocycles. The van der Waals surface area contributed by atoms with Gasteiger partial charge in [-0.3, -0.25) is 4.90 Å². The van der Waals surface area contributed by atoms with Crippen LogP contribution in [0.4, 0.5) is 0 Å². The van der Waals surface area contributed by atoms with Crippen LogP contribution in [-0.2, 0) is 0 Å². The van der Waals surface area contributed by atoms with E-state index in [-0.39, 0.29) is 5.54 Å². The SMILES string of the molecule is CCC(C)(C(O)c1cc2ccccc2o1)N1CCCCC1. The largest absolute Gasteiger partial charge is 0.458 e. The zero-order valence-corrected chi connectivity index (χ0v) is 13.0. The second kappa shape index (κ2) is 5.82. The minimum Gasteiger partial charge on any atom is -0.458 e. The first kappa shape index (κ1) is 14.6. The summed E-state index contributed by atoms with van der Waals surface area (Å²) in [6.45, 7) is 6.46. The number of hydrogen-bond acceptors (Lipinski definition) is 3. The Hall–Kier alpha value is -1.32. The summed E-state index contributed by atoms with van der Waals surface area (Å²) < 4.78 is 5.89. The minimum atomic E-state index is -0.590. The van der Waals surface area contributed by atoms with Crippen molar-refractivity contribution in [3.05, 3.63) is 36.1 Å². The third-order valence-electron chi connectivity index (χ3n) is 5.10. The van der Waals surface area contributed by atoms with Crippen molar-refractivity contribution in [2.75, 3.05) is 13.1 Å². The Morgan fingerprint density at radius 2 is 1.95 bits per heavy atom. The standard InChI is InChI=1S/C18H25NO2/c1-3-18(2,19-11-7-4-8-12-19)17(20)16-13-14-9-5-6-10-15(14)21-16/h5-6,9-10,13,17,20H,3-4,7-8,11-12H2,1-2H3. The van der Waals surface area contributed by atoms with Crippen LogP contribution in [0.25, 0.3) is 11.0 Å². The normalized spacial score (nSPS) is 21.3. The number of aliphatic hydroxyl groups excluding tert-OH is 1. The van der Waals surface area contributed by atoms with Crippen molar-refractivity contribution in [3.63, 3.8) is 0 Å². The lowest BCUT2D eigenvalue weighted by atomic mass is 9.86. The molecule has 3 heteroatoms. The van der Waals surface area contributed by atoms with E-state index in [9.17, 15) is 5.11 Å². The first-order valence-corrected chi connectivity index (χ1v) is 8.07. The number of hydrogen-bond donors (Lipinski definition) is 1. The van der Waals surface area contributed by atoms with Crippen LogP contribution in [-0.4, -0.2) is 28.6 Å². The minimum absolute atomic E-state index is 0.256. The van der Waals surface area contributed by atoms with Crippen molar-refractivity contribution in [2.24, 2.45) is 0 Å². The molecule has 0 bridgehead atoms. The first-order chi connectivity index (χ1) is 10.1. The highest BCUT2D eigenvalue weighted by atomic mass is 16.4. The van der Waals surface area contributed by atoms with Crippen molar-refractivity contribution < 1.29 is 9.52 Å². The maximum absolute atomic E-state index is 11.0. The first-order valence-electron chi connectivity index (χ1n) is 8.07. The summed E-state index contributed by atoms with van der Waals surface area (Å²) in [7, 11) is 0. The molecule has 2 aromatic rings. The fourth-order valence-corrected chi connectivity index (χ4v) is 3.44. The van der Waals surface area contributed by atoms with Gasteiger partial charge in [0.15, 0.2) is 0 Å². The Morgan fingerprint density at radius 1 is 1.24 bits per heavy atom. The molecule has 0 spiro atoms. The van der Waals surface area contributed by atoms with Gasteiger partial charge >= 0.3 is 0 Å². The van der Waals surface area contributed by atoms with Crippen LogP contribution in [0.15, 0.2) is 34.7 Å². The van der Waals surface area contributed by atoms with Gasteiger partial charge in [-0.2, -0.15) is 0 Å². The van der Waals surface area contributed by atoms with E-state index >= 15 is 0 Å². The number of furan rings is 1. The molecule has 1 aliphatic heterocycles. The van der Waals surface area contributed by atoms with E-state index in [2.05, 4.69) is 18.7 Å². The van der Waals surface area contributed by atoms with Gasteiger partial charge in [0.1, 0.15) is 17.4 Å². The van der Waals surface area contributed by atoms with Crippen LogP contribution in [0, 0.1) is 0 Å². The van der Waals surface area contributed by atoms with E-state index in [1.807, 2.05) is 30.3 Å². The van der Waals surface area contributed by atoms with Gasteiger partial charge in [-0.1, -0.05) is 31.5 Å². The van der Waals surface area contributed by atoms with Crippen molar-refractivity contribution in [1.29, 1.82) is 0 Å². The van der Waals surface area contributed by atoms with Gasteiger partial charge in [0.2, 0.25) is 0 Å². The second-order valence-corrected chi connectivity index (χ2v) is 6.35. The lowest BCUT2D eigenvalue weighted by Gasteiger charge is -2.45. The maximum Gasteiger partial charge on any atom is 0.135 e. The zero-order valence-electron chi connectivity index (χ0n) is 13.0. The molecule has 0 saturated carbocycles. The number of benzene rings is 1. The number of nitrogens with zero attached hydrogens (tertiary/aromatic N) is 1. The monoisotopic (exact) mass is 287 g/mol. The molecule has 0 amide bonds. The summed E-state index contributed by atoms with van der Waals surface area (Å²) in [6.07, 6.45) is 4.07. The van der Waals surface area contributed by atoms with E-state index in [1.165, 1.54) is 19.3 Å². The molecule has 114 valence electrons. The molecule has 0 radical (unpaired) electrons. The number of para-hydroxylation sites is 1. The van der Waals surface area contributed by atoms with Gasteiger partial charge in [0, 0.05) is 5.39 Å². The number of likely N-dealkylation sites (tertiary alicyclic amines) is 1. The van der Waals surface area contributed by atoms with Gasteiger partial charge in [-0.25, -0.2) is 0 Å². The number of fused-ring (bicyclic) bond motifs is 1. The molecule has 3 nitrogen and oxygen atoms in total. The molecule has 1 aromatic carbocycles. The highest BCUT2D eigenvalue weighted by Gasteiger charge is 2.40. The van der Waals surface area contributed by atoms with Crippen LogP contribution in [0.2, 0.25) is 0 Å². The van der Waals surface area contributed by atoms with Crippen molar-refractivity contribution >= 4 is 11.0 Å². The predicted octanol–water partition coefficient (Wildman–Crippen LogP) is 4.12. The second-order valence-electron chi connectivity index (χ2n) is 6.35. The highest BCUT2D eigenvalue weighted by molar-refractivity contribution is 5.77. The van der Waals surface area contributed by atoms with Gasteiger partial charge in [0.05, 0.1) is 5.54 Å². The summed E-state index contributed by atoms with van der Waals surface area (Å²) in [6, 6.07) is 9.93. The summed E-state index contributed by atoms with van der Waals surface area (Å²) >= 11 is 0. The van der Waals surface area contributed by atoms with E-state index in [4.69, 9.17) is 4.42 Å². The Kier molecular flexibility index (Phi) is 4.05. The lowest BCUT2D eigenvalue weighted by molar-refractivity contribution is -0.0441. The smallest absolute Gasteiger partial charge is 0.135 e. The quantitative estimate of drug-likeness (QED) is 0.919. The van der Waals surface area contributed by atoms with Crippen LogP contribution >= 0.6 is 0 Å². The Bertz CT molecular complexity index is 567. The van der Waals surface area contributed by atoms with Crippen molar-refractivity contribution in [3.8, 4) is 0 Å². The Morgan fingerprint density at radius 3 is 2.62 bits per heavy atom. The van der Waals surface area contributed by atoms with Crippen molar-refractivity contribution in [2.45, 2.75) is 51.2 Å². The van der Waals surface area contributed by atoms with Gasteiger partial charge in [-0.15, -0.1) is 0 Å².